The van der Waals surface area contributed by atoms with E-state index in [2.05, 4.69) is 16.0 Å². The van der Waals surface area contributed by atoms with Gasteiger partial charge in [-0.05, 0) is 31.7 Å². The van der Waals surface area contributed by atoms with Gasteiger partial charge in [-0.25, -0.2) is 9.59 Å². The van der Waals surface area contributed by atoms with Crippen LogP contribution in [-0.2, 0) is 14.3 Å². The Balaban J connectivity index is 2.11. The molecule has 158 valence electrons. The molecule has 3 amide bonds. The molecule has 0 bridgehead atoms. The lowest BCUT2D eigenvalue weighted by Crippen LogP contribution is -3.10. The first kappa shape index (κ1) is 22.8. The highest BCUT2D eigenvalue weighted by Gasteiger charge is 2.33. The number of amides is 3. The number of likely N-dealkylation sites (N-methyl/N-ethyl adjacent to an activating group) is 1. The maximum absolute atomic E-state index is 12.5. The number of thioether (sulfide) groups is 1. The van der Waals surface area contributed by atoms with E-state index in [9.17, 15) is 14.4 Å². The van der Waals surface area contributed by atoms with Crippen LogP contribution in [-0.4, -0.2) is 56.9 Å². The molecule has 4 N–H and O–H groups in total. The van der Waals surface area contributed by atoms with Crippen LogP contribution in [0.15, 0.2) is 40.4 Å². The number of ether oxygens (including phenoxy) is 1. The van der Waals surface area contributed by atoms with Crippen LogP contribution in [0.25, 0.3) is 0 Å². The number of rotatable bonds is 9. The van der Waals surface area contributed by atoms with Crippen molar-refractivity contribution in [3.8, 4) is 0 Å². The number of carbonyl (C=O) groups excluding carboxylic acids is 3. The maximum atomic E-state index is 12.5. The number of esters is 1. The van der Waals surface area contributed by atoms with Crippen LogP contribution in [0.5, 0.6) is 0 Å². The zero-order valence-corrected chi connectivity index (χ0v) is 18.1. The van der Waals surface area contributed by atoms with E-state index in [1.165, 1.54) is 0 Å². The van der Waals surface area contributed by atoms with Gasteiger partial charge < -0.3 is 25.6 Å². The number of hydrogen-bond donors (Lipinski definition) is 4. The smallest absolute Gasteiger partial charge is 0.338 e. The fourth-order valence-corrected chi connectivity index (χ4v) is 3.74. The summed E-state index contributed by atoms with van der Waals surface area (Å²) in [5, 5.41) is 8.38. The van der Waals surface area contributed by atoms with E-state index in [-0.39, 0.29) is 25.1 Å². The molecule has 1 unspecified atom stereocenters. The third kappa shape index (κ3) is 6.23. The molecule has 0 fully saturated rings. The first-order valence-electron chi connectivity index (χ1n) is 9.61. The first-order chi connectivity index (χ1) is 13.9. The number of benzene rings is 1. The molecule has 1 aliphatic rings. The van der Waals surface area contributed by atoms with Gasteiger partial charge in [-0.3, -0.25) is 4.79 Å². The summed E-state index contributed by atoms with van der Waals surface area (Å²) in [4.78, 5) is 38.7. The Kier molecular flexibility index (Phi) is 8.53. The second kappa shape index (κ2) is 10.9. The van der Waals surface area contributed by atoms with Gasteiger partial charge in [0, 0.05) is 4.90 Å². The topological polar surface area (TPSA) is 101 Å². The van der Waals surface area contributed by atoms with Gasteiger partial charge in [0.15, 0.2) is 6.54 Å². The Hall–Kier alpha value is -2.52. The van der Waals surface area contributed by atoms with Crippen LogP contribution in [0.2, 0.25) is 0 Å². The minimum atomic E-state index is -0.451. The van der Waals surface area contributed by atoms with Gasteiger partial charge in [0.1, 0.15) is 6.54 Å². The number of hydrogen-bond acceptors (Lipinski definition) is 5. The van der Waals surface area contributed by atoms with Crippen LogP contribution in [0.4, 0.5) is 10.5 Å². The van der Waals surface area contributed by atoms with Gasteiger partial charge in [0.25, 0.3) is 5.91 Å². The van der Waals surface area contributed by atoms with Crippen molar-refractivity contribution < 1.29 is 24.0 Å². The fraction of sp³-hybridized carbons (Fsp3) is 0.450. The molecule has 8 nitrogen and oxygen atoms in total. The summed E-state index contributed by atoms with van der Waals surface area (Å²) in [5.41, 5.74) is 1.68. The van der Waals surface area contributed by atoms with Gasteiger partial charge in [-0.2, -0.15) is 0 Å². The van der Waals surface area contributed by atoms with Crippen LogP contribution < -0.4 is 20.9 Å². The van der Waals surface area contributed by atoms with E-state index in [0.717, 1.165) is 15.5 Å². The zero-order chi connectivity index (χ0) is 21.4. The molecule has 2 rings (SSSR count). The number of carbonyl (C=O) groups is 3. The molecule has 1 aromatic carbocycles. The summed E-state index contributed by atoms with van der Waals surface area (Å²) < 4.78 is 5.17. The number of nitrogens with one attached hydrogen (secondary N) is 4. The predicted molar refractivity (Wildman–Crippen MR) is 113 cm³/mol. The monoisotopic (exact) mass is 421 g/mol. The molecule has 0 saturated carbocycles. The van der Waals surface area contributed by atoms with Crippen molar-refractivity contribution in [2.45, 2.75) is 31.2 Å². The minimum Gasteiger partial charge on any atom is -0.463 e. The Morgan fingerprint density at radius 1 is 1.28 bits per heavy atom. The Morgan fingerprint density at radius 2 is 2.00 bits per heavy atom. The van der Waals surface area contributed by atoms with Crippen molar-refractivity contribution in [1.29, 1.82) is 0 Å². The highest BCUT2D eigenvalue weighted by molar-refractivity contribution is 7.98. The molecule has 0 saturated heterocycles. The van der Waals surface area contributed by atoms with Gasteiger partial charge in [0.05, 0.1) is 36.7 Å². The van der Waals surface area contributed by atoms with E-state index in [0.29, 0.717) is 24.2 Å². The SMILES string of the molecule is CCOC(=O)C1=C(C[NH+](C)CC(=O)Nc2ccccc2SC)NC(=O)N[C@H]1CC. The second-order valence-electron chi connectivity index (χ2n) is 6.73. The highest BCUT2D eigenvalue weighted by atomic mass is 32.2. The summed E-state index contributed by atoms with van der Waals surface area (Å²) in [5.74, 6) is -0.595. The second-order valence-corrected chi connectivity index (χ2v) is 7.58. The molecule has 2 atom stereocenters. The zero-order valence-electron chi connectivity index (χ0n) is 17.3. The van der Waals surface area contributed by atoms with Gasteiger partial charge in [0.2, 0.25) is 0 Å². The molecule has 29 heavy (non-hydrogen) atoms. The van der Waals surface area contributed by atoms with E-state index in [4.69, 9.17) is 4.74 Å². The lowest BCUT2D eigenvalue weighted by atomic mass is 10.00. The Labute approximate surface area is 175 Å². The van der Waals surface area contributed by atoms with E-state index < -0.39 is 12.0 Å². The summed E-state index contributed by atoms with van der Waals surface area (Å²) in [6.45, 7) is 4.38. The molecule has 1 aliphatic heterocycles. The minimum absolute atomic E-state index is 0.144. The summed E-state index contributed by atoms with van der Waals surface area (Å²) in [6, 6.07) is 6.84. The van der Waals surface area contributed by atoms with Crippen LogP contribution >= 0.6 is 11.8 Å². The van der Waals surface area contributed by atoms with Crippen molar-refractivity contribution in [1.82, 2.24) is 10.6 Å². The largest absolute Gasteiger partial charge is 0.463 e. The van der Waals surface area contributed by atoms with Gasteiger partial charge in [-0.1, -0.05) is 19.1 Å². The van der Waals surface area contributed by atoms with Gasteiger partial charge in [-0.15, -0.1) is 11.8 Å². The molecule has 0 aromatic heterocycles. The van der Waals surface area contributed by atoms with Crippen LogP contribution in [0.1, 0.15) is 20.3 Å². The summed E-state index contributed by atoms with van der Waals surface area (Å²) in [6.07, 6.45) is 2.52. The third-order valence-electron chi connectivity index (χ3n) is 4.47. The third-order valence-corrected chi connectivity index (χ3v) is 5.26. The fourth-order valence-electron chi connectivity index (χ4n) is 3.18. The van der Waals surface area contributed by atoms with Gasteiger partial charge >= 0.3 is 12.0 Å². The average molecular weight is 422 g/mol. The van der Waals surface area contributed by atoms with Crippen LogP contribution in [0.3, 0.4) is 0 Å². The van der Waals surface area contributed by atoms with E-state index in [1.807, 2.05) is 44.5 Å². The van der Waals surface area contributed by atoms with Crippen molar-refractivity contribution in [2.75, 3.05) is 38.3 Å². The molecule has 0 aliphatic carbocycles. The van der Waals surface area contributed by atoms with Crippen molar-refractivity contribution in [2.24, 2.45) is 0 Å². The first-order valence-corrected chi connectivity index (χ1v) is 10.8. The summed E-state index contributed by atoms with van der Waals surface area (Å²) >= 11 is 1.56. The quantitative estimate of drug-likeness (QED) is 0.349. The van der Waals surface area contributed by atoms with Crippen LogP contribution in [0, 0.1) is 0 Å². The Bertz CT molecular complexity index is 796. The van der Waals surface area contributed by atoms with Crippen molar-refractivity contribution in [3.63, 3.8) is 0 Å². The lowest BCUT2D eigenvalue weighted by molar-refractivity contribution is -0.866. The molecule has 9 heteroatoms. The predicted octanol–water partition coefficient (Wildman–Crippen LogP) is 0.770. The maximum Gasteiger partial charge on any atom is 0.338 e. The molecule has 1 heterocycles. The normalized spacial score (nSPS) is 17.2. The summed E-state index contributed by atoms with van der Waals surface area (Å²) in [7, 11) is 1.84. The molecule has 0 spiro atoms. The molecular formula is C20H29N4O4S+. The molecule has 1 aromatic rings. The molecule has 0 radical (unpaired) electrons. The number of para-hydroxylation sites is 1. The van der Waals surface area contributed by atoms with E-state index >= 15 is 0 Å². The highest BCUT2D eigenvalue weighted by Crippen LogP contribution is 2.24. The van der Waals surface area contributed by atoms with E-state index in [1.54, 1.807) is 18.7 Å². The lowest BCUT2D eigenvalue weighted by Gasteiger charge is -2.29. The standard InChI is InChI=1S/C20H28N4O4S/c1-5-13-18(19(26)28-6-2)15(23-20(27)22-13)11-24(3)12-17(25)21-14-9-7-8-10-16(14)29-4/h7-10,13H,5-6,11-12H2,1-4H3,(H,21,25)(H2,22,23,27)/p+1/t13-/m0/s1. The van der Waals surface area contributed by atoms with Crippen molar-refractivity contribution >= 4 is 35.4 Å². The average Bonchev–Trinajstić information content (AvgIpc) is 2.67. The Morgan fingerprint density at radius 3 is 2.66 bits per heavy atom. The van der Waals surface area contributed by atoms with Crippen molar-refractivity contribution in [3.05, 3.63) is 35.5 Å². The number of anilines is 1. The number of urea groups is 1. The molecular weight excluding hydrogens is 392 g/mol. The number of quaternary nitrogens is 1.